The fraction of sp³-hybridized carbons (Fsp3) is 0.529. The number of hydrogen-bond donors (Lipinski definition) is 1. The first-order valence-corrected chi connectivity index (χ1v) is 8.20. The summed E-state index contributed by atoms with van der Waals surface area (Å²) in [5.74, 6) is -0.00211. The van der Waals surface area contributed by atoms with Crippen LogP contribution in [-0.2, 0) is 9.59 Å². The quantitative estimate of drug-likeness (QED) is 0.858. The van der Waals surface area contributed by atoms with E-state index in [2.05, 4.69) is 46.3 Å². The Hall–Kier alpha value is -2.08. The zero-order valence-corrected chi connectivity index (χ0v) is 13.6. The van der Waals surface area contributed by atoms with Gasteiger partial charge in [-0.3, -0.25) is 14.5 Å². The van der Waals surface area contributed by atoms with Gasteiger partial charge in [-0.25, -0.2) is 0 Å². The summed E-state index contributed by atoms with van der Waals surface area (Å²) < 4.78 is 0. The van der Waals surface area contributed by atoms with Crippen molar-refractivity contribution in [2.45, 2.75) is 6.92 Å². The number of benzene rings is 1. The van der Waals surface area contributed by atoms with Crippen LogP contribution in [0.25, 0.3) is 0 Å². The van der Waals surface area contributed by atoms with Crippen LogP contribution in [0.3, 0.4) is 0 Å². The van der Waals surface area contributed by atoms with E-state index in [9.17, 15) is 9.59 Å². The summed E-state index contributed by atoms with van der Waals surface area (Å²) in [6.07, 6.45) is 0. The molecule has 23 heavy (non-hydrogen) atoms. The summed E-state index contributed by atoms with van der Waals surface area (Å²) in [5.41, 5.74) is 2.52. The third kappa shape index (κ3) is 4.01. The maximum Gasteiger partial charge on any atom is 0.239 e. The van der Waals surface area contributed by atoms with Crippen LogP contribution in [0.2, 0.25) is 0 Å². The number of anilines is 1. The van der Waals surface area contributed by atoms with Crippen molar-refractivity contribution < 1.29 is 9.59 Å². The Morgan fingerprint density at radius 2 is 1.96 bits per heavy atom. The molecular formula is C17H24N4O2. The normalized spacial score (nSPS) is 19.6. The predicted molar refractivity (Wildman–Crippen MR) is 89.4 cm³/mol. The molecule has 124 valence electrons. The van der Waals surface area contributed by atoms with Crippen LogP contribution in [0.4, 0.5) is 5.69 Å². The summed E-state index contributed by atoms with van der Waals surface area (Å²) in [6, 6.07) is 8.53. The Bertz CT molecular complexity index is 582. The summed E-state index contributed by atoms with van der Waals surface area (Å²) in [6.45, 7) is 7.50. The van der Waals surface area contributed by atoms with Gasteiger partial charge in [-0.05, 0) is 24.6 Å². The van der Waals surface area contributed by atoms with Gasteiger partial charge < -0.3 is 15.1 Å². The number of carbonyl (C=O) groups is 2. The molecule has 0 spiro atoms. The molecule has 2 amide bonds. The minimum Gasteiger partial charge on any atom is -0.369 e. The van der Waals surface area contributed by atoms with Crippen LogP contribution >= 0.6 is 0 Å². The van der Waals surface area contributed by atoms with E-state index in [-0.39, 0.29) is 18.4 Å². The van der Waals surface area contributed by atoms with E-state index in [0.29, 0.717) is 19.6 Å². The standard InChI is InChI=1S/C17H24N4O2/c1-14-3-2-4-15(11-14)20-9-7-19(8-10-20)13-17(23)21-6-5-18-16(22)12-21/h2-4,11H,5-10,12-13H2,1H3,(H,18,22). The highest BCUT2D eigenvalue weighted by Crippen LogP contribution is 2.17. The molecule has 2 aliphatic heterocycles. The number of aryl methyl sites for hydroxylation is 1. The van der Waals surface area contributed by atoms with E-state index in [1.54, 1.807) is 4.90 Å². The Morgan fingerprint density at radius 1 is 1.17 bits per heavy atom. The van der Waals surface area contributed by atoms with Crippen molar-refractivity contribution in [2.75, 3.05) is 57.3 Å². The first kappa shape index (κ1) is 15.8. The third-order valence-electron chi connectivity index (χ3n) is 4.49. The molecule has 0 bridgehead atoms. The second-order valence-corrected chi connectivity index (χ2v) is 6.27. The zero-order valence-electron chi connectivity index (χ0n) is 13.6. The number of amides is 2. The van der Waals surface area contributed by atoms with Crippen molar-refractivity contribution in [3.63, 3.8) is 0 Å². The number of hydrogen-bond acceptors (Lipinski definition) is 4. The van der Waals surface area contributed by atoms with Gasteiger partial charge in [0.2, 0.25) is 11.8 Å². The van der Waals surface area contributed by atoms with Crippen molar-refractivity contribution in [3.05, 3.63) is 29.8 Å². The maximum absolute atomic E-state index is 12.3. The second kappa shape index (κ2) is 7.00. The molecule has 0 atom stereocenters. The van der Waals surface area contributed by atoms with E-state index < -0.39 is 0 Å². The average molecular weight is 316 g/mol. The fourth-order valence-electron chi connectivity index (χ4n) is 3.13. The molecule has 6 heteroatoms. The first-order chi connectivity index (χ1) is 11.1. The van der Waals surface area contributed by atoms with E-state index in [1.165, 1.54) is 11.3 Å². The zero-order chi connectivity index (χ0) is 16.2. The summed E-state index contributed by atoms with van der Waals surface area (Å²) in [4.78, 5) is 29.9. The first-order valence-electron chi connectivity index (χ1n) is 8.20. The molecule has 2 fully saturated rings. The van der Waals surface area contributed by atoms with Gasteiger partial charge in [-0.2, -0.15) is 0 Å². The van der Waals surface area contributed by atoms with Gasteiger partial charge in [0, 0.05) is 45.0 Å². The van der Waals surface area contributed by atoms with Gasteiger partial charge in [0.05, 0.1) is 13.1 Å². The fourth-order valence-corrected chi connectivity index (χ4v) is 3.13. The van der Waals surface area contributed by atoms with E-state index in [4.69, 9.17) is 0 Å². The Morgan fingerprint density at radius 3 is 2.65 bits per heavy atom. The lowest BCUT2D eigenvalue weighted by atomic mass is 10.2. The predicted octanol–water partition coefficient (Wildman–Crippen LogP) is 0.0754. The molecule has 1 aromatic carbocycles. The topological polar surface area (TPSA) is 55.9 Å². The second-order valence-electron chi connectivity index (χ2n) is 6.27. The van der Waals surface area contributed by atoms with Crippen molar-refractivity contribution in [3.8, 4) is 0 Å². The van der Waals surface area contributed by atoms with Crippen LogP contribution in [-0.4, -0.2) is 74.0 Å². The van der Waals surface area contributed by atoms with Gasteiger partial charge in [0.25, 0.3) is 0 Å². The minimum atomic E-state index is -0.0612. The highest BCUT2D eigenvalue weighted by atomic mass is 16.2. The van der Waals surface area contributed by atoms with Crippen LogP contribution in [0.5, 0.6) is 0 Å². The van der Waals surface area contributed by atoms with Crippen LogP contribution in [0.1, 0.15) is 5.56 Å². The molecule has 6 nitrogen and oxygen atoms in total. The highest BCUT2D eigenvalue weighted by molar-refractivity contribution is 5.86. The maximum atomic E-state index is 12.3. The molecule has 3 rings (SSSR count). The van der Waals surface area contributed by atoms with Crippen LogP contribution in [0.15, 0.2) is 24.3 Å². The average Bonchev–Trinajstić information content (AvgIpc) is 2.55. The molecule has 0 saturated carbocycles. The lowest BCUT2D eigenvalue weighted by Gasteiger charge is -2.37. The van der Waals surface area contributed by atoms with Gasteiger partial charge in [-0.1, -0.05) is 12.1 Å². The van der Waals surface area contributed by atoms with E-state index in [1.807, 2.05) is 0 Å². The number of rotatable bonds is 3. The number of nitrogens with one attached hydrogen (secondary N) is 1. The summed E-state index contributed by atoms with van der Waals surface area (Å²) in [7, 11) is 0. The monoisotopic (exact) mass is 316 g/mol. The van der Waals surface area contributed by atoms with Crippen molar-refractivity contribution in [1.29, 1.82) is 0 Å². The number of nitrogens with zero attached hydrogens (tertiary/aromatic N) is 3. The molecule has 2 heterocycles. The molecule has 0 aliphatic carbocycles. The molecular weight excluding hydrogens is 292 g/mol. The van der Waals surface area contributed by atoms with Crippen LogP contribution in [0, 0.1) is 6.92 Å². The Labute approximate surface area is 137 Å². The van der Waals surface area contributed by atoms with E-state index >= 15 is 0 Å². The van der Waals surface area contributed by atoms with Gasteiger partial charge >= 0.3 is 0 Å². The highest BCUT2D eigenvalue weighted by Gasteiger charge is 2.24. The van der Waals surface area contributed by atoms with Crippen molar-refractivity contribution >= 4 is 17.5 Å². The van der Waals surface area contributed by atoms with E-state index in [0.717, 1.165) is 26.2 Å². The third-order valence-corrected chi connectivity index (χ3v) is 4.49. The number of carbonyl (C=O) groups excluding carboxylic acids is 2. The van der Waals surface area contributed by atoms with Crippen molar-refractivity contribution in [1.82, 2.24) is 15.1 Å². The largest absolute Gasteiger partial charge is 0.369 e. The van der Waals surface area contributed by atoms with Gasteiger partial charge in [-0.15, -0.1) is 0 Å². The molecule has 1 aromatic rings. The van der Waals surface area contributed by atoms with Crippen LogP contribution < -0.4 is 10.2 Å². The summed E-state index contributed by atoms with van der Waals surface area (Å²) >= 11 is 0. The Balaban J connectivity index is 1.49. The molecule has 0 radical (unpaired) electrons. The van der Waals surface area contributed by atoms with Crippen molar-refractivity contribution in [2.24, 2.45) is 0 Å². The molecule has 1 N–H and O–H groups in total. The SMILES string of the molecule is Cc1cccc(N2CCN(CC(=O)N3CCNC(=O)C3)CC2)c1. The lowest BCUT2D eigenvalue weighted by Crippen LogP contribution is -2.54. The molecule has 2 saturated heterocycles. The molecule has 0 unspecified atom stereocenters. The molecule has 0 aromatic heterocycles. The number of piperazine rings is 2. The van der Waals surface area contributed by atoms with Gasteiger partial charge in [0.15, 0.2) is 0 Å². The minimum absolute atomic E-state index is 0.0591. The smallest absolute Gasteiger partial charge is 0.239 e. The summed E-state index contributed by atoms with van der Waals surface area (Å²) in [5, 5.41) is 2.75. The molecule has 2 aliphatic rings. The lowest BCUT2D eigenvalue weighted by molar-refractivity contribution is -0.139. The van der Waals surface area contributed by atoms with Gasteiger partial charge in [0.1, 0.15) is 0 Å². The Kier molecular flexibility index (Phi) is 4.81.